The normalized spacial score (nSPS) is 24.9. The summed E-state index contributed by atoms with van der Waals surface area (Å²) in [6.45, 7) is 22.7. The van der Waals surface area contributed by atoms with Gasteiger partial charge in [-0.1, -0.05) is 119 Å². The highest BCUT2D eigenvalue weighted by molar-refractivity contribution is 6.00. The van der Waals surface area contributed by atoms with Crippen molar-refractivity contribution in [3.05, 3.63) is 65.5 Å². The summed E-state index contributed by atoms with van der Waals surface area (Å²) in [7, 11) is 8.11. The lowest BCUT2D eigenvalue weighted by atomic mass is 9.96. The van der Waals surface area contributed by atoms with Crippen molar-refractivity contribution in [3.8, 4) is 5.75 Å². The lowest BCUT2D eigenvalue weighted by molar-refractivity contribution is -0.151. The van der Waals surface area contributed by atoms with E-state index in [1.54, 1.807) is 62.9 Å². The van der Waals surface area contributed by atoms with Crippen LogP contribution in [0.5, 0.6) is 5.75 Å². The van der Waals surface area contributed by atoms with E-state index < -0.39 is 174 Å². The summed E-state index contributed by atoms with van der Waals surface area (Å²) < 4.78 is 15.1. The number of nitrogens with zero attached hydrogens (tertiary/aromatic N) is 7. The quantitative estimate of drug-likeness (QED) is 0.118. The van der Waals surface area contributed by atoms with Crippen LogP contribution in [0.1, 0.15) is 159 Å². The van der Waals surface area contributed by atoms with Crippen LogP contribution in [0.15, 0.2) is 48.5 Å². The number of aromatic hydroxyl groups is 1. The number of hydrogen-bond donors (Lipinski definition) is 7. The summed E-state index contributed by atoms with van der Waals surface area (Å²) in [5.41, 5.74) is 0.786. The maximum Gasteiger partial charge on any atom is 0.248 e. The van der Waals surface area contributed by atoms with Gasteiger partial charge in [0.05, 0.1) is 19.1 Å². The first-order valence-corrected chi connectivity index (χ1v) is 35.7. The maximum absolute atomic E-state index is 15.4. The summed E-state index contributed by atoms with van der Waals surface area (Å²) in [6.07, 6.45) is -0.412. The number of piperidine rings is 1. The fraction of sp³-hybridized carbons (Fsp3) is 0.676. The van der Waals surface area contributed by atoms with Gasteiger partial charge in [-0.15, -0.1) is 0 Å². The Hall–Kier alpha value is -8.23. The first-order chi connectivity index (χ1) is 47.2. The van der Waals surface area contributed by atoms with Gasteiger partial charge < -0.3 is 71.1 Å². The number of phenols is 1. The van der Waals surface area contributed by atoms with E-state index >= 15 is 33.2 Å². The molecular weight excluding hydrogens is 1300 g/mol. The number of phenolic OH excluding ortho intramolecular Hbond substituents is 1. The van der Waals surface area contributed by atoms with Crippen LogP contribution in [-0.2, 0) is 70.4 Å². The number of amides is 12. The summed E-state index contributed by atoms with van der Waals surface area (Å²) >= 11 is 0. The van der Waals surface area contributed by atoms with E-state index in [9.17, 15) is 39.0 Å². The molecule has 2 saturated heterocycles. The molecule has 2 fully saturated rings. The number of carbonyl (C=O) groups is 12. The van der Waals surface area contributed by atoms with Crippen molar-refractivity contribution in [3.63, 3.8) is 0 Å². The molecule has 0 aliphatic carbocycles. The molecule has 0 spiro atoms. The molecule has 2 heterocycles. The second kappa shape index (κ2) is 39.3. The molecule has 0 radical (unpaired) electrons. The van der Waals surface area contributed by atoms with Crippen LogP contribution in [0, 0.1) is 41.3 Å². The molecule has 2 aromatic carbocycles. The van der Waals surface area contributed by atoms with Crippen LogP contribution in [0.4, 0.5) is 4.39 Å². The molecule has 27 heteroatoms. The summed E-state index contributed by atoms with van der Waals surface area (Å²) in [5.74, 6) is -12.9. The Labute approximate surface area is 597 Å². The molecule has 0 bridgehead atoms. The molecule has 564 valence electrons. The Bertz CT molecular complexity index is 3180. The minimum atomic E-state index is -1.69. The zero-order valence-corrected chi connectivity index (χ0v) is 63.1. The minimum Gasteiger partial charge on any atom is -0.505 e. The topological polar surface area (TPSA) is 328 Å². The predicted molar refractivity (Wildman–Crippen MR) is 381 cm³/mol. The minimum absolute atomic E-state index is 0.00499. The van der Waals surface area contributed by atoms with Gasteiger partial charge in [0.25, 0.3) is 0 Å². The molecule has 12 amide bonds. The first-order valence-electron chi connectivity index (χ1n) is 35.7. The van der Waals surface area contributed by atoms with Crippen LogP contribution < -0.4 is 26.6 Å². The highest BCUT2D eigenvalue weighted by Crippen LogP contribution is 2.25. The van der Waals surface area contributed by atoms with Crippen LogP contribution in [0.3, 0.4) is 0 Å². The van der Waals surface area contributed by atoms with Crippen molar-refractivity contribution in [2.24, 2.45) is 35.5 Å². The Balaban J connectivity index is 1.99. The third-order valence-corrected chi connectivity index (χ3v) is 18.8. The number of aliphatic hydroxyl groups is 1. The van der Waals surface area contributed by atoms with E-state index in [1.165, 1.54) is 70.0 Å². The molecule has 2 unspecified atom stereocenters. The smallest absolute Gasteiger partial charge is 0.248 e. The fourth-order valence-corrected chi connectivity index (χ4v) is 12.9. The average molecular weight is 1420 g/mol. The van der Waals surface area contributed by atoms with E-state index in [1.807, 2.05) is 55.4 Å². The molecule has 0 aromatic heterocycles. The van der Waals surface area contributed by atoms with Gasteiger partial charge in [0.2, 0.25) is 70.9 Å². The van der Waals surface area contributed by atoms with E-state index in [2.05, 4.69) is 26.6 Å². The Kier molecular flexibility index (Phi) is 33.1. The number of aliphatic hydroxyl groups excluding tert-OH is 1. The monoisotopic (exact) mass is 1420 g/mol. The van der Waals surface area contributed by atoms with Crippen molar-refractivity contribution in [2.45, 2.75) is 227 Å². The van der Waals surface area contributed by atoms with Gasteiger partial charge in [-0.05, 0) is 117 Å². The molecule has 26 nitrogen and oxygen atoms in total. The van der Waals surface area contributed by atoms with Gasteiger partial charge in [-0.2, -0.15) is 0 Å². The molecule has 101 heavy (non-hydrogen) atoms. The largest absolute Gasteiger partial charge is 0.505 e. The molecule has 2 aliphatic rings. The van der Waals surface area contributed by atoms with Crippen molar-refractivity contribution in [1.29, 1.82) is 0 Å². The Morgan fingerprint density at radius 2 is 0.931 bits per heavy atom. The molecule has 11 atom stereocenters. The number of carbonyl (C=O) groups excluding carboxylic acids is 12. The van der Waals surface area contributed by atoms with Crippen molar-refractivity contribution in [1.82, 2.24) is 60.9 Å². The third kappa shape index (κ3) is 24.8. The van der Waals surface area contributed by atoms with E-state index in [0.29, 0.717) is 31.5 Å². The third-order valence-electron chi connectivity index (χ3n) is 18.8. The number of halogens is 1. The SMILES string of the molecule is CC(C)CC1C(=O)N[C@@H]([C@@H](C)O)C(=O)N(C)CC(=O)N(C)[C@@H](CC(C)C)C(=O)NC(Cc2ccc(O)c(F)c2)C(=O)N(C)[C@@H](CC(C)C)C(=O)N(C)[C@@H](CC(C)C)C(=O)N[C@H](C(=O)N2CCCCC2)CC(=O)N[C@H](C(C)C)C(=O)N(C)[C@@H](Cc2ccccc2)C(=O)N[C@@H](CC(C)C)C(=O)N1C. The van der Waals surface area contributed by atoms with Gasteiger partial charge in [0.1, 0.15) is 60.4 Å². The Morgan fingerprint density at radius 1 is 0.475 bits per heavy atom. The van der Waals surface area contributed by atoms with Crippen molar-refractivity contribution >= 4 is 70.9 Å². The van der Waals surface area contributed by atoms with Crippen LogP contribution in [0.25, 0.3) is 0 Å². The standard InChI is InChI=1S/C74H117FN12O14/c1-42(2)32-52-69(96)83(16)57(35-45(7)8)68(95)80-64(48(13)88)73(100)81(14)41-62(91)82(15)55(33-43(3)4)65(92)77-53(38-50-28-29-60(89)51(75)37-50)70(97)86(19)59(36-46(9)10)72(99)84(17)56(34-44(5)6)66(93)78-54(71(98)87-30-24-21-25-31-87)40-61(90)79-63(47(11)12)74(101)85(18)58(67(94)76-52)39-49-26-22-20-23-27-49/h20,22-23,26-29,37,42-48,52-59,63-64,88-89H,21,24-25,30-36,38-41H2,1-19H3,(H,76,94)(H,77,92)(H,78,93)(H,79,90)(H,80,95)/t48-,52+,53?,54+,55+,56+,57?,58+,59+,63-,64+/m1/s1. The molecular formula is C74H117FN12O14. The lowest BCUT2D eigenvalue weighted by Gasteiger charge is -2.38. The van der Waals surface area contributed by atoms with Crippen LogP contribution in [-0.4, -0.2) is 244 Å². The van der Waals surface area contributed by atoms with Gasteiger partial charge in [-0.25, -0.2) is 4.39 Å². The number of nitrogens with one attached hydrogen (secondary N) is 5. The van der Waals surface area contributed by atoms with Gasteiger partial charge in [0, 0.05) is 68.2 Å². The fourth-order valence-electron chi connectivity index (χ4n) is 12.9. The predicted octanol–water partition coefficient (Wildman–Crippen LogP) is 4.02. The van der Waals surface area contributed by atoms with E-state index in [0.717, 1.165) is 33.3 Å². The van der Waals surface area contributed by atoms with Gasteiger partial charge >= 0.3 is 0 Å². The highest BCUT2D eigenvalue weighted by atomic mass is 19.1. The average Bonchev–Trinajstić information content (AvgIpc) is 0.821. The van der Waals surface area contributed by atoms with E-state index in [4.69, 9.17) is 0 Å². The molecule has 0 saturated carbocycles. The second-order valence-corrected chi connectivity index (χ2v) is 30.2. The number of rotatable bonds is 17. The lowest BCUT2D eigenvalue weighted by Crippen LogP contribution is -2.62. The number of benzene rings is 2. The number of hydrogen-bond acceptors (Lipinski definition) is 14. The van der Waals surface area contributed by atoms with Crippen LogP contribution >= 0.6 is 0 Å². The molecule has 2 aromatic rings. The summed E-state index contributed by atoms with van der Waals surface area (Å²) in [5, 5.41) is 35.4. The van der Waals surface area contributed by atoms with E-state index in [-0.39, 0.29) is 73.7 Å². The van der Waals surface area contributed by atoms with Gasteiger partial charge in [-0.3, -0.25) is 57.5 Å². The highest BCUT2D eigenvalue weighted by Gasteiger charge is 2.44. The Morgan fingerprint density at radius 3 is 1.45 bits per heavy atom. The number of likely N-dealkylation sites (tertiary alicyclic amines) is 1. The zero-order valence-electron chi connectivity index (χ0n) is 63.1. The number of likely N-dealkylation sites (N-methyl/N-ethyl adjacent to an activating group) is 6. The van der Waals surface area contributed by atoms with Crippen molar-refractivity contribution in [2.75, 3.05) is 61.9 Å². The first kappa shape index (κ1) is 85.2. The second-order valence-electron chi connectivity index (χ2n) is 30.2. The van der Waals surface area contributed by atoms with Crippen LogP contribution in [0.2, 0.25) is 0 Å². The molecule has 4 rings (SSSR count). The molecule has 7 N–H and O–H groups in total. The summed E-state index contributed by atoms with van der Waals surface area (Å²) in [6, 6.07) is -1.82. The van der Waals surface area contributed by atoms with Gasteiger partial charge in [0.15, 0.2) is 11.6 Å². The van der Waals surface area contributed by atoms with Crippen molar-refractivity contribution < 1.29 is 72.1 Å². The maximum atomic E-state index is 15.4. The molecule has 2 aliphatic heterocycles. The summed E-state index contributed by atoms with van der Waals surface area (Å²) in [4.78, 5) is 188. The zero-order chi connectivity index (χ0) is 76.2.